The first-order valence-electron chi connectivity index (χ1n) is 6.93. The molecule has 3 nitrogen and oxygen atoms in total. The van der Waals surface area contributed by atoms with Gasteiger partial charge in [-0.25, -0.2) is 0 Å². The van der Waals surface area contributed by atoms with Gasteiger partial charge >= 0.3 is 0 Å². The Hall–Kier alpha value is -1.06. The number of benzene rings is 1. The molecule has 0 bridgehead atoms. The molecule has 102 valence electrons. The second kappa shape index (κ2) is 5.14. The molecular formula is C15H19ClN2O. The van der Waals surface area contributed by atoms with Gasteiger partial charge in [-0.1, -0.05) is 23.7 Å². The summed E-state index contributed by atoms with van der Waals surface area (Å²) in [5.74, 6) is 0.853. The Morgan fingerprint density at radius 3 is 3.05 bits per heavy atom. The van der Waals surface area contributed by atoms with Crippen molar-refractivity contribution in [3.05, 3.63) is 34.9 Å². The fourth-order valence-electron chi connectivity index (χ4n) is 2.95. The molecule has 1 saturated heterocycles. The maximum atomic E-state index is 12.5. The molecule has 1 N–H and O–H groups in total. The number of hydrogen-bond acceptors (Lipinski definition) is 2. The molecule has 0 radical (unpaired) electrons. The molecule has 0 spiro atoms. The van der Waals surface area contributed by atoms with Crippen LogP contribution in [0.25, 0.3) is 0 Å². The Morgan fingerprint density at radius 1 is 1.47 bits per heavy atom. The van der Waals surface area contributed by atoms with Crippen LogP contribution in [0.2, 0.25) is 5.02 Å². The zero-order chi connectivity index (χ0) is 13.4. The van der Waals surface area contributed by atoms with Crippen LogP contribution in [0.5, 0.6) is 0 Å². The second-order valence-corrected chi connectivity index (χ2v) is 6.02. The van der Waals surface area contributed by atoms with Crippen LogP contribution in [0.4, 0.5) is 0 Å². The average molecular weight is 279 g/mol. The van der Waals surface area contributed by atoms with E-state index in [1.807, 2.05) is 23.1 Å². The molecule has 1 aliphatic carbocycles. The van der Waals surface area contributed by atoms with E-state index in [-0.39, 0.29) is 5.92 Å². The monoisotopic (exact) mass is 278 g/mol. The van der Waals surface area contributed by atoms with Gasteiger partial charge in [-0.3, -0.25) is 4.79 Å². The number of hydrogen-bond donors (Lipinski definition) is 1. The Morgan fingerprint density at radius 2 is 2.32 bits per heavy atom. The molecule has 3 rings (SSSR count). The van der Waals surface area contributed by atoms with Crippen molar-refractivity contribution in [2.75, 3.05) is 19.6 Å². The van der Waals surface area contributed by atoms with Gasteiger partial charge in [-0.2, -0.15) is 0 Å². The highest BCUT2D eigenvalue weighted by Gasteiger charge is 2.46. The average Bonchev–Trinajstić information content (AvgIpc) is 3.19. The first-order valence-corrected chi connectivity index (χ1v) is 7.31. The van der Waals surface area contributed by atoms with Crippen molar-refractivity contribution in [3.8, 4) is 0 Å². The molecule has 1 aliphatic heterocycles. The van der Waals surface area contributed by atoms with Gasteiger partial charge in [0, 0.05) is 36.6 Å². The van der Waals surface area contributed by atoms with Crippen LogP contribution in [-0.2, 0) is 4.79 Å². The summed E-state index contributed by atoms with van der Waals surface area (Å²) in [7, 11) is 0. The van der Waals surface area contributed by atoms with E-state index in [1.165, 1.54) is 5.56 Å². The number of halogens is 1. The van der Waals surface area contributed by atoms with Crippen molar-refractivity contribution in [1.29, 1.82) is 0 Å². The quantitative estimate of drug-likeness (QED) is 0.900. The highest BCUT2D eigenvalue weighted by molar-refractivity contribution is 6.30. The number of nitrogens with zero attached hydrogens (tertiary/aromatic N) is 1. The molecule has 2 aliphatic rings. The maximum Gasteiger partial charge on any atom is 0.226 e. The van der Waals surface area contributed by atoms with Crippen molar-refractivity contribution >= 4 is 17.5 Å². The van der Waals surface area contributed by atoms with Crippen LogP contribution >= 0.6 is 11.6 Å². The third-order valence-corrected chi connectivity index (χ3v) is 4.40. The molecule has 19 heavy (non-hydrogen) atoms. The van der Waals surface area contributed by atoms with Crippen LogP contribution in [0, 0.1) is 5.92 Å². The van der Waals surface area contributed by atoms with Gasteiger partial charge < -0.3 is 10.2 Å². The largest absolute Gasteiger partial charge is 0.337 e. The van der Waals surface area contributed by atoms with E-state index in [0.717, 1.165) is 31.1 Å². The third kappa shape index (κ3) is 2.63. The topological polar surface area (TPSA) is 32.3 Å². The summed E-state index contributed by atoms with van der Waals surface area (Å²) < 4.78 is 0. The molecule has 4 heteroatoms. The minimum Gasteiger partial charge on any atom is -0.337 e. The van der Waals surface area contributed by atoms with Crippen LogP contribution < -0.4 is 5.32 Å². The number of carbonyl (C=O) groups excluding carboxylic acids is 1. The second-order valence-electron chi connectivity index (χ2n) is 5.59. The summed E-state index contributed by atoms with van der Waals surface area (Å²) in [6, 6.07) is 8.21. The number of carbonyl (C=O) groups is 1. The van der Waals surface area contributed by atoms with E-state index in [4.69, 9.17) is 11.6 Å². The fourth-order valence-corrected chi connectivity index (χ4v) is 3.15. The zero-order valence-electron chi connectivity index (χ0n) is 11.1. The highest BCUT2D eigenvalue weighted by atomic mass is 35.5. The zero-order valence-corrected chi connectivity index (χ0v) is 11.9. The summed E-state index contributed by atoms with van der Waals surface area (Å²) >= 11 is 6.01. The van der Waals surface area contributed by atoms with E-state index in [2.05, 4.69) is 18.3 Å². The Balaban J connectivity index is 1.67. The predicted octanol–water partition coefficient (Wildman–Crippen LogP) is 2.26. The Kier molecular flexibility index (Phi) is 3.50. The molecule has 3 atom stereocenters. The van der Waals surface area contributed by atoms with Crippen molar-refractivity contribution in [3.63, 3.8) is 0 Å². The SMILES string of the molecule is C[C@H]1CNCCN1C(=O)C1CC1c1cccc(Cl)c1. The molecule has 1 aromatic rings. The normalized spacial score (nSPS) is 30.2. The summed E-state index contributed by atoms with van der Waals surface area (Å²) in [5.41, 5.74) is 1.20. The molecule has 0 aromatic heterocycles. The summed E-state index contributed by atoms with van der Waals surface area (Å²) in [5, 5.41) is 4.07. The molecular weight excluding hydrogens is 260 g/mol. The number of amides is 1. The first kappa shape index (κ1) is 12.9. The minimum absolute atomic E-state index is 0.166. The van der Waals surface area contributed by atoms with E-state index in [9.17, 15) is 4.79 Å². The smallest absolute Gasteiger partial charge is 0.226 e. The van der Waals surface area contributed by atoms with Gasteiger partial charge in [0.2, 0.25) is 5.91 Å². The van der Waals surface area contributed by atoms with E-state index < -0.39 is 0 Å². The predicted molar refractivity (Wildman–Crippen MR) is 76.3 cm³/mol. The van der Waals surface area contributed by atoms with E-state index in [0.29, 0.717) is 17.9 Å². The van der Waals surface area contributed by atoms with Gasteiger partial charge in [-0.05, 0) is 37.0 Å². The lowest BCUT2D eigenvalue weighted by atomic mass is 10.1. The summed E-state index contributed by atoms with van der Waals surface area (Å²) in [6.45, 7) is 4.75. The highest BCUT2D eigenvalue weighted by Crippen LogP contribution is 2.49. The van der Waals surface area contributed by atoms with Crippen LogP contribution in [-0.4, -0.2) is 36.5 Å². The minimum atomic E-state index is 0.166. The van der Waals surface area contributed by atoms with Gasteiger partial charge in [0.05, 0.1) is 0 Å². The standard InChI is InChI=1S/C15H19ClN2O/c1-10-9-17-5-6-18(10)15(19)14-8-13(14)11-3-2-4-12(16)7-11/h2-4,7,10,13-14,17H,5-6,8-9H2,1H3/t10-,13?,14?/m0/s1. The molecule has 1 amide bonds. The van der Waals surface area contributed by atoms with Gasteiger partial charge in [0.15, 0.2) is 0 Å². The lowest BCUT2D eigenvalue weighted by Gasteiger charge is -2.34. The van der Waals surface area contributed by atoms with Crippen molar-refractivity contribution < 1.29 is 4.79 Å². The lowest BCUT2D eigenvalue weighted by molar-refractivity contribution is -0.135. The van der Waals surface area contributed by atoms with E-state index in [1.54, 1.807) is 0 Å². The molecule has 2 fully saturated rings. The van der Waals surface area contributed by atoms with Crippen molar-refractivity contribution in [1.82, 2.24) is 10.2 Å². The summed E-state index contributed by atoms with van der Waals surface area (Å²) in [6.07, 6.45) is 0.968. The number of nitrogens with one attached hydrogen (secondary N) is 1. The van der Waals surface area contributed by atoms with Crippen molar-refractivity contribution in [2.45, 2.75) is 25.3 Å². The van der Waals surface area contributed by atoms with Gasteiger partial charge in [0.1, 0.15) is 0 Å². The summed E-state index contributed by atoms with van der Waals surface area (Å²) in [4.78, 5) is 14.5. The van der Waals surface area contributed by atoms with Gasteiger partial charge in [0.25, 0.3) is 0 Å². The first-order chi connectivity index (χ1) is 9.16. The van der Waals surface area contributed by atoms with Gasteiger partial charge in [-0.15, -0.1) is 0 Å². The molecule has 2 unspecified atom stereocenters. The lowest BCUT2D eigenvalue weighted by Crippen LogP contribution is -2.52. The molecule has 1 saturated carbocycles. The number of rotatable bonds is 2. The fraction of sp³-hybridized carbons (Fsp3) is 0.533. The Labute approximate surface area is 118 Å². The molecule has 1 aromatic carbocycles. The third-order valence-electron chi connectivity index (χ3n) is 4.17. The molecule has 1 heterocycles. The maximum absolute atomic E-state index is 12.5. The number of piperazine rings is 1. The Bertz CT molecular complexity index is 491. The van der Waals surface area contributed by atoms with Crippen LogP contribution in [0.15, 0.2) is 24.3 Å². The van der Waals surface area contributed by atoms with Crippen molar-refractivity contribution in [2.24, 2.45) is 5.92 Å². The van der Waals surface area contributed by atoms with Crippen LogP contribution in [0.1, 0.15) is 24.8 Å². The van der Waals surface area contributed by atoms with E-state index >= 15 is 0 Å². The van der Waals surface area contributed by atoms with Crippen LogP contribution in [0.3, 0.4) is 0 Å².